The third kappa shape index (κ3) is 2.57. The molecule has 144 valence electrons. The Morgan fingerprint density at radius 2 is 2.14 bits per heavy atom. The van der Waals surface area contributed by atoms with Crippen molar-refractivity contribution >= 4 is 11.5 Å². The molecule has 5 rings (SSSR count). The molecule has 1 unspecified atom stereocenters. The number of nitrogens with one attached hydrogen (secondary N) is 1. The van der Waals surface area contributed by atoms with Crippen LogP contribution in [0.4, 0.5) is 10.4 Å². The Hall–Kier alpha value is -3.23. The van der Waals surface area contributed by atoms with Gasteiger partial charge in [-0.15, -0.1) is 5.10 Å². The Bertz CT molecular complexity index is 1150. The number of rotatable bonds is 2. The summed E-state index contributed by atoms with van der Waals surface area (Å²) in [6, 6.07) is 4.87. The summed E-state index contributed by atoms with van der Waals surface area (Å²) >= 11 is 0. The minimum atomic E-state index is -0.345. The van der Waals surface area contributed by atoms with Crippen LogP contribution >= 0.6 is 0 Å². The monoisotopic (exact) mass is 381 g/mol. The lowest BCUT2D eigenvalue weighted by Crippen LogP contribution is -2.37. The molecule has 1 N–H and O–H groups in total. The first kappa shape index (κ1) is 16.9. The number of anilines is 1. The first-order chi connectivity index (χ1) is 13.4. The van der Waals surface area contributed by atoms with Crippen LogP contribution in [-0.2, 0) is 11.8 Å². The first-order valence-electron chi connectivity index (χ1n) is 9.18. The average molecular weight is 381 g/mol. The molecule has 8 nitrogen and oxygen atoms in total. The van der Waals surface area contributed by atoms with Gasteiger partial charge in [0.15, 0.2) is 0 Å². The Kier molecular flexibility index (Phi) is 3.55. The maximum Gasteiger partial charge on any atom is 0.319 e. The minimum Gasteiger partial charge on any atom is -0.407 e. The predicted molar refractivity (Wildman–Crippen MR) is 99.6 cm³/mol. The van der Waals surface area contributed by atoms with E-state index in [9.17, 15) is 4.39 Å². The molecule has 28 heavy (non-hydrogen) atoms. The zero-order valence-electron chi connectivity index (χ0n) is 15.8. The van der Waals surface area contributed by atoms with Crippen molar-refractivity contribution in [2.75, 3.05) is 11.4 Å². The highest BCUT2D eigenvalue weighted by Gasteiger charge is 2.36. The molecule has 0 radical (unpaired) electrons. The maximum absolute atomic E-state index is 14.2. The van der Waals surface area contributed by atoms with E-state index in [1.807, 2.05) is 25.7 Å². The number of hydrogen-bond donors (Lipinski definition) is 1. The Labute approximate surface area is 160 Å². The van der Waals surface area contributed by atoms with E-state index in [0.717, 1.165) is 17.8 Å². The number of imidazole rings is 1. The zero-order valence-corrected chi connectivity index (χ0v) is 15.8. The van der Waals surface area contributed by atoms with Gasteiger partial charge in [-0.05, 0) is 18.2 Å². The van der Waals surface area contributed by atoms with Crippen LogP contribution in [0, 0.1) is 5.82 Å². The number of aromatic nitrogens is 6. The molecule has 1 atom stereocenters. The molecule has 0 saturated carbocycles. The lowest BCUT2D eigenvalue weighted by atomic mass is 9.97. The van der Waals surface area contributed by atoms with Crippen LogP contribution in [0.5, 0.6) is 0 Å². The van der Waals surface area contributed by atoms with Gasteiger partial charge in [0.2, 0.25) is 5.89 Å². The Morgan fingerprint density at radius 3 is 2.89 bits per heavy atom. The fraction of sp³-hybridized carbons (Fsp3) is 0.368. The molecule has 0 amide bonds. The molecule has 4 aromatic rings. The highest BCUT2D eigenvalue weighted by Crippen LogP contribution is 2.37. The van der Waals surface area contributed by atoms with Crippen LogP contribution in [-0.4, -0.2) is 36.3 Å². The van der Waals surface area contributed by atoms with Crippen molar-refractivity contribution < 1.29 is 8.81 Å². The van der Waals surface area contributed by atoms with Crippen LogP contribution in [0.3, 0.4) is 0 Å². The van der Waals surface area contributed by atoms with Crippen molar-refractivity contribution in [1.82, 2.24) is 29.8 Å². The van der Waals surface area contributed by atoms with Gasteiger partial charge in [-0.2, -0.15) is 5.10 Å². The molecule has 0 saturated heterocycles. The number of H-pyrrole nitrogens is 1. The normalized spacial score (nSPS) is 17.3. The van der Waals surface area contributed by atoms with Gasteiger partial charge < -0.3 is 14.3 Å². The smallest absolute Gasteiger partial charge is 0.319 e. The van der Waals surface area contributed by atoms with E-state index in [2.05, 4.69) is 25.3 Å². The lowest BCUT2D eigenvalue weighted by molar-refractivity contribution is 0.385. The molecule has 4 aromatic heterocycles. The number of pyridine rings is 1. The van der Waals surface area contributed by atoms with Gasteiger partial charge in [0, 0.05) is 30.3 Å². The molecule has 0 fully saturated rings. The predicted octanol–water partition coefficient (Wildman–Crippen LogP) is 3.03. The molecule has 1 aliphatic rings. The summed E-state index contributed by atoms with van der Waals surface area (Å²) < 4.78 is 21.7. The van der Waals surface area contributed by atoms with Crippen molar-refractivity contribution in [3.8, 4) is 0 Å². The van der Waals surface area contributed by atoms with Crippen LogP contribution in [0.15, 0.2) is 35.1 Å². The van der Waals surface area contributed by atoms with Crippen LogP contribution in [0.1, 0.15) is 49.8 Å². The van der Waals surface area contributed by atoms with Crippen molar-refractivity contribution in [3.63, 3.8) is 0 Å². The van der Waals surface area contributed by atoms with Gasteiger partial charge in [-0.1, -0.05) is 25.9 Å². The first-order valence-corrected chi connectivity index (χ1v) is 9.18. The fourth-order valence-electron chi connectivity index (χ4n) is 3.55. The van der Waals surface area contributed by atoms with Crippen LogP contribution < -0.4 is 4.90 Å². The van der Waals surface area contributed by atoms with E-state index < -0.39 is 0 Å². The molecular weight excluding hydrogens is 361 g/mol. The summed E-state index contributed by atoms with van der Waals surface area (Å²) in [4.78, 5) is 9.69. The van der Waals surface area contributed by atoms with E-state index >= 15 is 0 Å². The van der Waals surface area contributed by atoms with E-state index in [0.29, 0.717) is 29.7 Å². The number of halogens is 1. The molecule has 0 aliphatic carbocycles. The number of aromatic amines is 1. The second kappa shape index (κ2) is 5.88. The Balaban J connectivity index is 1.64. The SMILES string of the molecule is CC(C)(C)c1nnc(N2CCc3[nH]cnc3C2c2cc3c(F)cccn3n2)o1. The number of fused-ring (bicyclic) bond motifs is 2. The van der Waals surface area contributed by atoms with Crippen molar-refractivity contribution in [2.24, 2.45) is 0 Å². The standard InChI is InChI=1S/C19H20FN7O/c1-19(2,3)17-23-24-18(28-17)26-8-6-12-15(22-10-21-12)16(26)13-9-14-11(20)5-4-7-27(14)25-13/h4-5,7,9-10,16H,6,8H2,1-3H3,(H,21,22). The van der Waals surface area contributed by atoms with E-state index in [4.69, 9.17) is 4.42 Å². The fourth-order valence-corrected chi connectivity index (χ4v) is 3.55. The van der Waals surface area contributed by atoms with Gasteiger partial charge in [0.1, 0.15) is 17.4 Å². The van der Waals surface area contributed by atoms with Crippen molar-refractivity contribution in [2.45, 2.75) is 38.6 Å². The highest BCUT2D eigenvalue weighted by atomic mass is 19.1. The van der Waals surface area contributed by atoms with Crippen LogP contribution in [0.25, 0.3) is 5.52 Å². The average Bonchev–Trinajstić information content (AvgIpc) is 3.38. The van der Waals surface area contributed by atoms with Crippen LogP contribution in [0.2, 0.25) is 0 Å². The van der Waals surface area contributed by atoms with Gasteiger partial charge in [-0.25, -0.2) is 13.9 Å². The summed E-state index contributed by atoms with van der Waals surface area (Å²) in [6.07, 6.45) is 4.16. The van der Waals surface area contributed by atoms with E-state index in [-0.39, 0.29) is 17.3 Å². The third-order valence-corrected chi connectivity index (χ3v) is 4.98. The molecule has 0 bridgehead atoms. The van der Waals surface area contributed by atoms with Gasteiger partial charge in [-0.3, -0.25) is 0 Å². The van der Waals surface area contributed by atoms with Crippen molar-refractivity contribution in [3.05, 3.63) is 59.5 Å². The summed E-state index contributed by atoms with van der Waals surface area (Å²) in [5, 5.41) is 13.1. The number of nitrogens with zero attached hydrogens (tertiary/aromatic N) is 6. The van der Waals surface area contributed by atoms with Gasteiger partial charge in [0.25, 0.3) is 0 Å². The highest BCUT2D eigenvalue weighted by molar-refractivity contribution is 5.53. The number of hydrogen-bond acceptors (Lipinski definition) is 6. The largest absolute Gasteiger partial charge is 0.407 e. The summed E-state index contributed by atoms with van der Waals surface area (Å²) in [5.41, 5.74) is 2.72. The molecule has 0 spiro atoms. The second-order valence-electron chi connectivity index (χ2n) is 8.01. The Morgan fingerprint density at radius 1 is 1.29 bits per heavy atom. The molecule has 9 heteroatoms. The molecule has 0 aromatic carbocycles. The summed E-state index contributed by atoms with van der Waals surface area (Å²) in [6.45, 7) is 6.72. The third-order valence-electron chi connectivity index (χ3n) is 4.98. The zero-order chi connectivity index (χ0) is 19.5. The summed E-state index contributed by atoms with van der Waals surface area (Å²) in [7, 11) is 0. The van der Waals surface area contributed by atoms with Gasteiger partial charge in [0.05, 0.1) is 17.7 Å². The topological polar surface area (TPSA) is 88.1 Å². The molecule has 1 aliphatic heterocycles. The van der Waals surface area contributed by atoms with Gasteiger partial charge >= 0.3 is 6.01 Å². The lowest BCUT2D eigenvalue weighted by Gasteiger charge is -2.32. The summed E-state index contributed by atoms with van der Waals surface area (Å²) in [5.74, 6) is 0.244. The van der Waals surface area contributed by atoms with E-state index in [1.54, 1.807) is 24.7 Å². The molecular formula is C19H20FN7O. The molecule has 5 heterocycles. The maximum atomic E-state index is 14.2. The van der Waals surface area contributed by atoms with Crippen molar-refractivity contribution in [1.29, 1.82) is 0 Å². The second-order valence-corrected chi connectivity index (χ2v) is 8.01. The quantitative estimate of drug-likeness (QED) is 0.574. The van der Waals surface area contributed by atoms with E-state index in [1.165, 1.54) is 10.6 Å². The minimum absolute atomic E-state index is 0.250.